The lowest BCUT2D eigenvalue weighted by atomic mass is 9.83. The lowest BCUT2D eigenvalue weighted by Gasteiger charge is -2.29. The third-order valence-corrected chi connectivity index (χ3v) is 6.15. The van der Waals surface area contributed by atoms with E-state index < -0.39 is 0 Å². The molecule has 2 aromatic rings. The number of rotatable bonds is 3. The zero-order chi connectivity index (χ0) is 14.2. The number of aryl methyl sites for hydroxylation is 1. The van der Waals surface area contributed by atoms with Gasteiger partial charge in [-0.3, -0.25) is 4.98 Å². The standard InChI is InChI=1S/C18H20N2S/c1-19-18(14-9-8-12-5-4-10-20-17(12)14)15-11-21-16-7-3-2-6-13(15)16/h2-7,10,14-15,18-19H,8-9,11H2,1H3. The van der Waals surface area contributed by atoms with Crippen LogP contribution in [-0.4, -0.2) is 23.8 Å². The molecule has 0 saturated heterocycles. The van der Waals surface area contributed by atoms with E-state index in [9.17, 15) is 0 Å². The predicted molar refractivity (Wildman–Crippen MR) is 88.1 cm³/mol. The first-order valence-corrected chi connectivity index (χ1v) is 8.70. The molecule has 108 valence electrons. The molecule has 3 unspecified atom stereocenters. The Morgan fingerprint density at radius 3 is 3.00 bits per heavy atom. The van der Waals surface area contributed by atoms with Gasteiger partial charge in [-0.2, -0.15) is 0 Å². The summed E-state index contributed by atoms with van der Waals surface area (Å²) in [7, 11) is 2.11. The molecule has 3 heteroatoms. The van der Waals surface area contributed by atoms with Gasteiger partial charge in [0.05, 0.1) is 0 Å². The molecule has 2 heterocycles. The van der Waals surface area contributed by atoms with Gasteiger partial charge in [0.2, 0.25) is 0 Å². The second-order valence-corrected chi connectivity index (χ2v) is 7.02. The number of hydrogen-bond donors (Lipinski definition) is 1. The molecule has 0 bridgehead atoms. The van der Waals surface area contributed by atoms with Crippen molar-refractivity contribution in [2.75, 3.05) is 12.8 Å². The highest BCUT2D eigenvalue weighted by atomic mass is 32.2. The van der Waals surface area contributed by atoms with Crippen LogP contribution < -0.4 is 5.32 Å². The molecule has 3 atom stereocenters. The molecule has 0 amide bonds. The fourth-order valence-electron chi connectivity index (χ4n) is 3.96. The molecule has 0 spiro atoms. The van der Waals surface area contributed by atoms with Crippen molar-refractivity contribution in [3.05, 3.63) is 59.4 Å². The van der Waals surface area contributed by atoms with Crippen molar-refractivity contribution in [2.45, 2.75) is 35.6 Å². The number of aromatic nitrogens is 1. The van der Waals surface area contributed by atoms with E-state index in [2.05, 4.69) is 48.8 Å². The van der Waals surface area contributed by atoms with Crippen LogP contribution >= 0.6 is 11.8 Å². The highest BCUT2D eigenvalue weighted by Gasteiger charge is 2.38. The summed E-state index contributed by atoms with van der Waals surface area (Å²) in [5.74, 6) is 2.32. The van der Waals surface area contributed by atoms with Crippen LogP contribution in [0.2, 0.25) is 0 Å². The number of nitrogens with one attached hydrogen (secondary N) is 1. The summed E-state index contributed by atoms with van der Waals surface area (Å²) in [6.45, 7) is 0. The third kappa shape index (κ3) is 2.19. The molecule has 0 radical (unpaired) electrons. The minimum absolute atomic E-state index is 0.484. The Labute approximate surface area is 130 Å². The summed E-state index contributed by atoms with van der Waals surface area (Å²) in [5.41, 5.74) is 4.29. The number of likely N-dealkylation sites (N-methyl/N-ethyl adjacent to an activating group) is 1. The number of hydrogen-bond acceptors (Lipinski definition) is 3. The molecule has 2 nitrogen and oxygen atoms in total. The second kappa shape index (κ2) is 5.47. The highest BCUT2D eigenvalue weighted by Crippen LogP contribution is 2.46. The van der Waals surface area contributed by atoms with Gasteiger partial charge in [-0.05, 0) is 43.1 Å². The monoisotopic (exact) mass is 296 g/mol. The summed E-state index contributed by atoms with van der Waals surface area (Å²) >= 11 is 2.00. The Hall–Kier alpha value is -1.32. The second-order valence-electron chi connectivity index (χ2n) is 5.96. The maximum atomic E-state index is 4.69. The molecule has 0 saturated carbocycles. The SMILES string of the molecule is CNC(C1CSc2ccccc21)C1CCc2cccnc21. The van der Waals surface area contributed by atoms with E-state index in [1.807, 2.05) is 18.0 Å². The first-order chi connectivity index (χ1) is 10.4. The van der Waals surface area contributed by atoms with Crippen LogP contribution in [-0.2, 0) is 6.42 Å². The molecule has 1 N–H and O–H groups in total. The van der Waals surface area contributed by atoms with Gasteiger partial charge in [0.25, 0.3) is 0 Å². The fourth-order valence-corrected chi connectivity index (χ4v) is 5.27. The Bertz CT molecular complexity index is 600. The Morgan fingerprint density at radius 1 is 1.19 bits per heavy atom. The van der Waals surface area contributed by atoms with Crippen LogP contribution in [0, 0.1) is 0 Å². The van der Waals surface area contributed by atoms with Crippen molar-refractivity contribution in [1.29, 1.82) is 0 Å². The van der Waals surface area contributed by atoms with Crippen LogP contribution in [0.1, 0.15) is 35.1 Å². The average molecular weight is 296 g/mol. The first kappa shape index (κ1) is 13.4. The summed E-state index contributed by atoms with van der Waals surface area (Å²) < 4.78 is 0. The molecule has 21 heavy (non-hydrogen) atoms. The van der Waals surface area contributed by atoms with Gasteiger partial charge in [-0.1, -0.05) is 24.3 Å². The number of pyridine rings is 1. The number of nitrogens with zero attached hydrogens (tertiary/aromatic N) is 1. The van der Waals surface area contributed by atoms with Crippen LogP contribution in [0.5, 0.6) is 0 Å². The average Bonchev–Trinajstić information content (AvgIpc) is 3.14. The Kier molecular flexibility index (Phi) is 3.48. The van der Waals surface area contributed by atoms with E-state index in [1.54, 1.807) is 0 Å². The van der Waals surface area contributed by atoms with Crippen LogP contribution in [0.3, 0.4) is 0 Å². The molecule has 4 rings (SSSR count). The van der Waals surface area contributed by atoms with Crippen LogP contribution in [0.25, 0.3) is 0 Å². The van der Waals surface area contributed by atoms with E-state index >= 15 is 0 Å². The normalized spacial score (nSPS) is 24.6. The van der Waals surface area contributed by atoms with Gasteiger partial charge in [0.15, 0.2) is 0 Å². The van der Waals surface area contributed by atoms with Gasteiger partial charge >= 0.3 is 0 Å². The number of thioether (sulfide) groups is 1. The number of fused-ring (bicyclic) bond motifs is 2. The molecule has 1 aromatic carbocycles. The topological polar surface area (TPSA) is 24.9 Å². The van der Waals surface area contributed by atoms with Crippen molar-refractivity contribution < 1.29 is 0 Å². The van der Waals surface area contributed by atoms with Crippen molar-refractivity contribution >= 4 is 11.8 Å². The van der Waals surface area contributed by atoms with E-state index in [0.717, 1.165) is 0 Å². The molecule has 1 aliphatic carbocycles. The van der Waals surface area contributed by atoms with Gasteiger partial charge in [-0.25, -0.2) is 0 Å². The van der Waals surface area contributed by atoms with Crippen LogP contribution in [0.4, 0.5) is 0 Å². The largest absolute Gasteiger partial charge is 0.316 e. The fraction of sp³-hybridized carbons (Fsp3) is 0.389. The molecule has 0 fully saturated rings. The van der Waals surface area contributed by atoms with E-state index in [1.165, 1.54) is 40.3 Å². The van der Waals surface area contributed by atoms with Gasteiger partial charge in [-0.15, -0.1) is 11.8 Å². The third-order valence-electron chi connectivity index (χ3n) is 4.94. The smallest absolute Gasteiger partial charge is 0.0482 e. The highest BCUT2D eigenvalue weighted by molar-refractivity contribution is 7.99. The maximum absolute atomic E-state index is 4.69. The Balaban J connectivity index is 1.68. The zero-order valence-electron chi connectivity index (χ0n) is 12.3. The maximum Gasteiger partial charge on any atom is 0.0482 e. The summed E-state index contributed by atoms with van der Waals surface area (Å²) in [6, 6.07) is 13.7. The molecule has 1 aromatic heterocycles. The van der Waals surface area contributed by atoms with Crippen molar-refractivity contribution in [1.82, 2.24) is 10.3 Å². The lowest BCUT2D eigenvalue weighted by molar-refractivity contribution is 0.404. The molecule has 1 aliphatic heterocycles. The van der Waals surface area contributed by atoms with Crippen molar-refractivity contribution in [2.24, 2.45) is 0 Å². The van der Waals surface area contributed by atoms with E-state index in [4.69, 9.17) is 4.98 Å². The van der Waals surface area contributed by atoms with E-state index in [-0.39, 0.29) is 0 Å². The molecule has 2 aliphatic rings. The quantitative estimate of drug-likeness (QED) is 0.937. The molecular formula is C18H20N2S. The summed E-state index contributed by atoms with van der Waals surface area (Å²) in [6.07, 6.45) is 4.34. The minimum atomic E-state index is 0.484. The minimum Gasteiger partial charge on any atom is -0.316 e. The van der Waals surface area contributed by atoms with Gasteiger partial charge in [0.1, 0.15) is 0 Å². The predicted octanol–water partition coefficient (Wildman–Crippen LogP) is 3.59. The van der Waals surface area contributed by atoms with Gasteiger partial charge < -0.3 is 5.32 Å². The van der Waals surface area contributed by atoms with Gasteiger partial charge in [0, 0.05) is 40.4 Å². The molecular weight excluding hydrogens is 276 g/mol. The zero-order valence-corrected chi connectivity index (χ0v) is 13.1. The number of benzene rings is 1. The summed E-state index contributed by atoms with van der Waals surface area (Å²) in [4.78, 5) is 6.15. The lowest BCUT2D eigenvalue weighted by Crippen LogP contribution is -2.37. The Morgan fingerprint density at radius 2 is 2.10 bits per heavy atom. The van der Waals surface area contributed by atoms with E-state index in [0.29, 0.717) is 17.9 Å². The summed E-state index contributed by atoms with van der Waals surface area (Å²) in [5, 5.41) is 3.61. The van der Waals surface area contributed by atoms with Crippen molar-refractivity contribution in [3.63, 3.8) is 0 Å². The van der Waals surface area contributed by atoms with Crippen LogP contribution in [0.15, 0.2) is 47.5 Å². The first-order valence-electron chi connectivity index (χ1n) is 7.71. The van der Waals surface area contributed by atoms with Crippen molar-refractivity contribution in [3.8, 4) is 0 Å².